The molecule has 2 N–H and O–H groups in total. The summed E-state index contributed by atoms with van der Waals surface area (Å²) in [6, 6.07) is 8.27. The summed E-state index contributed by atoms with van der Waals surface area (Å²) in [5.74, 6) is 0.866. The Balaban J connectivity index is 1.83. The van der Waals surface area contributed by atoms with Gasteiger partial charge in [0, 0.05) is 31.0 Å². The van der Waals surface area contributed by atoms with Gasteiger partial charge in [0.25, 0.3) is 0 Å². The molecule has 106 valence electrons. The number of hydrogen-bond acceptors (Lipinski definition) is 3. The summed E-state index contributed by atoms with van der Waals surface area (Å²) in [5, 5.41) is 0. The minimum Gasteiger partial charge on any atom is -0.399 e. The van der Waals surface area contributed by atoms with E-state index in [1.165, 1.54) is 51.3 Å². The van der Waals surface area contributed by atoms with Crippen LogP contribution in [0.5, 0.6) is 0 Å². The minimum absolute atomic E-state index is 0.847. The lowest BCUT2D eigenvalue weighted by atomic mass is 9.95. The predicted octanol–water partition coefficient (Wildman–Crippen LogP) is 2.83. The van der Waals surface area contributed by atoms with Crippen molar-refractivity contribution < 1.29 is 0 Å². The summed E-state index contributed by atoms with van der Waals surface area (Å²) in [6.45, 7) is 10.5. The van der Waals surface area contributed by atoms with Crippen molar-refractivity contribution in [2.24, 2.45) is 5.92 Å². The SMILES string of the molecule is CCN(CC)CC1CCN(c2ccc(N)cc2)CC1. The summed E-state index contributed by atoms with van der Waals surface area (Å²) in [6.07, 6.45) is 2.61. The van der Waals surface area contributed by atoms with Crippen molar-refractivity contribution in [3.63, 3.8) is 0 Å². The maximum atomic E-state index is 5.74. The van der Waals surface area contributed by atoms with Gasteiger partial charge in [-0.2, -0.15) is 0 Å². The van der Waals surface area contributed by atoms with Crippen molar-refractivity contribution in [2.45, 2.75) is 26.7 Å². The van der Waals surface area contributed by atoms with Gasteiger partial charge in [-0.3, -0.25) is 0 Å². The normalized spacial score (nSPS) is 17.1. The summed E-state index contributed by atoms with van der Waals surface area (Å²) in [4.78, 5) is 5.03. The molecule has 0 radical (unpaired) electrons. The number of rotatable bonds is 5. The summed E-state index contributed by atoms with van der Waals surface area (Å²) in [7, 11) is 0. The van der Waals surface area contributed by atoms with Crippen LogP contribution in [0.4, 0.5) is 11.4 Å². The molecule has 3 heteroatoms. The van der Waals surface area contributed by atoms with E-state index in [0.717, 1.165) is 11.6 Å². The molecule has 0 bridgehead atoms. The lowest BCUT2D eigenvalue weighted by Crippen LogP contribution is -2.38. The molecule has 1 aromatic carbocycles. The van der Waals surface area contributed by atoms with E-state index in [1.807, 2.05) is 12.1 Å². The predicted molar refractivity (Wildman–Crippen MR) is 83.6 cm³/mol. The fourth-order valence-corrected chi connectivity index (χ4v) is 2.91. The van der Waals surface area contributed by atoms with Crippen molar-refractivity contribution in [1.29, 1.82) is 0 Å². The average Bonchev–Trinajstić information content (AvgIpc) is 2.46. The van der Waals surface area contributed by atoms with E-state index in [2.05, 4.69) is 35.8 Å². The fraction of sp³-hybridized carbons (Fsp3) is 0.625. The van der Waals surface area contributed by atoms with Gasteiger partial charge >= 0.3 is 0 Å². The van der Waals surface area contributed by atoms with E-state index in [1.54, 1.807) is 0 Å². The average molecular weight is 261 g/mol. The van der Waals surface area contributed by atoms with Crippen molar-refractivity contribution >= 4 is 11.4 Å². The molecule has 1 fully saturated rings. The van der Waals surface area contributed by atoms with E-state index >= 15 is 0 Å². The van der Waals surface area contributed by atoms with Crippen molar-refractivity contribution in [2.75, 3.05) is 43.4 Å². The highest BCUT2D eigenvalue weighted by Crippen LogP contribution is 2.24. The molecule has 0 saturated carbocycles. The van der Waals surface area contributed by atoms with Crippen LogP contribution in [0.1, 0.15) is 26.7 Å². The lowest BCUT2D eigenvalue weighted by molar-refractivity contribution is 0.229. The van der Waals surface area contributed by atoms with Crippen molar-refractivity contribution in [3.8, 4) is 0 Å². The molecule has 1 saturated heterocycles. The Bertz CT molecular complexity index is 362. The summed E-state index contributed by atoms with van der Waals surface area (Å²) >= 11 is 0. The van der Waals surface area contributed by atoms with Gasteiger partial charge in [0.1, 0.15) is 0 Å². The van der Waals surface area contributed by atoms with Crippen LogP contribution in [0, 0.1) is 5.92 Å². The molecule has 3 nitrogen and oxygen atoms in total. The second kappa shape index (κ2) is 6.80. The molecule has 0 spiro atoms. The van der Waals surface area contributed by atoms with Gasteiger partial charge in [-0.1, -0.05) is 13.8 Å². The van der Waals surface area contributed by atoms with Gasteiger partial charge in [0.2, 0.25) is 0 Å². The first-order valence-electron chi connectivity index (χ1n) is 7.55. The summed E-state index contributed by atoms with van der Waals surface area (Å²) in [5.41, 5.74) is 7.90. The van der Waals surface area contributed by atoms with E-state index < -0.39 is 0 Å². The van der Waals surface area contributed by atoms with Gasteiger partial charge < -0.3 is 15.5 Å². The number of anilines is 2. The van der Waals surface area contributed by atoms with Gasteiger partial charge in [0.05, 0.1) is 0 Å². The number of nitrogens with two attached hydrogens (primary N) is 1. The Hall–Kier alpha value is -1.22. The largest absolute Gasteiger partial charge is 0.399 e. The van der Waals surface area contributed by atoms with Crippen molar-refractivity contribution in [1.82, 2.24) is 4.90 Å². The second-order valence-corrected chi connectivity index (χ2v) is 5.51. The third-order valence-corrected chi connectivity index (χ3v) is 4.28. The topological polar surface area (TPSA) is 32.5 Å². The smallest absolute Gasteiger partial charge is 0.0367 e. The van der Waals surface area contributed by atoms with Gasteiger partial charge in [-0.15, -0.1) is 0 Å². The Morgan fingerprint density at radius 2 is 1.68 bits per heavy atom. The molecule has 1 aliphatic rings. The first-order valence-corrected chi connectivity index (χ1v) is 7.55. The molecule has 1 aliphatic heterocycles. The number of piperidine rings is 1. The molecule has 1 heterocycles. The molecule has 2 rings (SSSR count). The number of hydrogen-bond donors (Lipinski definition) is 1. The maximum absolute atomic E-state index is 5.74. The van der Waals surface area contributed by atoms with E-state index in [4.69, 9.17) is 5.73 Å². The maximum Gasteiger partial charge on any atom is 0.0367 e. The summed E-state index contributed by atoms with van der Waals surface area (Å²) < 4.78 is 0. The Morgan fingerprint density at radius 1 is 1.11 bits per heavy atom. The van der Waals surface area contributed by atoms with Crippen LogP contribution < -0.4 is 10.6 Å². The first kappa shape index (κ1) is 14.2. The quantitative estimate of drug-likeness (QED) is 0.827. The molecule has 0 unspecified atom stereocenters. The third kappa shape index (κ3) is 3.87. The van der Waals surface area contributed by atoms with Crippen LogP contribution in [0.3, 0.4) is 0 Å². The van der Waals surface area contributed by atoms with E-state index in [0.29, 0.717) is 0 Å². The van der Waals surface area contributed by atoms with Crippen LogP contribution in [0.2, 0.25) is 0 Å². The number of nitrogens with zero attached hydrogens (tertiary/aromatic N) is 2. The number of benzene rings is 1. The van der Waals surface area contributed by atoms with E-state index in [9.17, 15) is 0 Å². The molecule has 1 aromatic rings. The highest BCUT2D eigenvalue weighted by atomic mass is 15.1. The highest BCUT2D eigenvalue weighted by molar-refractivity contribution is 5.53. The molecular weight excluding hydrogens is 234 g/mol. The zero-order chi connectivity index (χ0) is 13.7. The Labute approximate surface area is 117 Å². The second-order valence-electron chi connectivity index (χ2n) is 5.51. The van der Waals surface area contributed by atoms with Crippen LogP contribution in [0.25, 0.3) is 0 Å². The van der Waals surface area contributed by atoms with Gasteiger partial charge in [-0.25, -0.2) is 0 Å². The molecule has 19 heavy (non-hydrogen) atoms. The minimum atomic E-state index is 0.847. The lowest BCUT2D eigenvalue weighted by Gasteiger charge is -2.35. The highest BCUT2D eigenvalue weighted by Gasteiger charge is 2.20. The first-order chi connectivity index (χ1) is 9.22. The molecule has 0 aromatic heterocycles. The Morgan fingerprint density at radius 3 is 2.21 bits per heavy atom. The standard InChI is InChI=1S/C16H27N3/c1-3-18(4-2)13-14-9-11-19(12-10-14)16-7-5-15(17)6-8-16/h5-8,14H,3-4,9-13,17H2,1-2H3. The third-order valence-electron chi connectivity index (χ3n) is 4.28. The zero-order valence-electron chi connectivity index (χ0n) is 12.3. The van der Waals surface area contributed by atoms with Gasteiger partial charge in [0.15, 0.2) is 0 Å². The van der Waals surface area contributed by atoms with E-state index in [-0.39, 0.29) is 0 Å². The molecular formula is C16H27N3. The van der Waals surface area contributed by atoms with Crippen LogP contribution in [-0.4, -0.2) is 37.6 Å². The van der Waals surface area contributed by atoms with Crippen LogP contribution >= 0.6 is 0 Å². The number of nitrogen functional groups attached to an aromatic ring is 1. The van der Waals surface area contributed by atoms with Crippen molar-refractivity contribution in [3.05, 3.63) is 24.3 Å². The molecule has 0 aliphatic carbocycles. The fourth-order valence-electron chi connectivity index (χ4n) is 2.91. The monoisotopic (exact) mass is 261 g/mol. The van der Waals surface area contributed by atoms with Crippen LogP contribution in [-0.2, 0) is 0 Å². The molecule has 0 amide bonds. The Kier molecular flexibility index (Phi) is 5.08. The molecule has 0 atom stereocenters. The zero-order valence-corrected chi connectivity index (χ0v) is 12.3. The van der Waals surface area contributed by atoms with Crippen LogP contribution in [0.15, 0.2) is 24.3 Å². The van der Waals surface area contributed by atoms with Gasteiger partial charge in [-0.05, 0) is 56.1 Å².